The molecule has 1 atom stereocenters. The average molecular weight is 530 g/mol. The van der Waals surface area contributed by atoms with Gasteiger partial charge in [-0.15, -0.1) is 11.3 Å². The minimum Gasteiger partial charge on any atom is -0.360 e. The Hall–Kier alpha value is -4.36. The van der Waals surface area contributed by atoms with Gasteiger partial charge in [-0.1, -0.05) is 36.4 Å². The van der Waals surface area contributed by atoms with Crippen molar-refractivity contribution in [2.24, 2.45) is 0 Å². The van der Waals surface area contributed by atoms with Gasteiger partial charge in [-0.3, -0.25) is 14.3 Å². The normalized spacial score (nSPS) is 13.9. The van der Waals surface area contributed by atoms with E-state index in [0.29, 0.717) is 11.2 Å². The Morgan fingerprint density at radius 1 is 0.949 bits per heavy atom. The van der Waals surface area contributed by atoms with Crippen LogP contribution in [0, 0.1) is 0 Å². The van der Waals surface area contributed by atoms with Crippen molar-refractivity contribution in [3.8, 4) is 16.8 Å². The van der Waals surface area contributed by atoms with Crippen molar-refractivity contribution in [3.63, 3.8) is 0 Å². The van der Waals surface area contributed by atoms with E-state index in [9.17, 15) is 4.79 Å². The van der Waals surface area contributed by atoms with Gasteiger partial charge in [0.25, 0.3) is 5.56 Å². The molecule has 4 aromatic heterocycles. The summed E-state index contributed by atoms with van der Waals surface area (Å²) < 4.78 is 2.90. The molecular weight excluding hydrogens is 502 g/mol. The number of anilines is 1. The highest BCUT2D eigenvalue weighted by atomic mass is 32.1. The fourth-order valence-corrected chi connectivity index (χ4v) is 6.37. The molecule has 1 aliphatic carbocycles. The van der Waals surface area contributed by atoms with Gasteiger partial charge in [-0.05, 0) is 79.5 Å². The number of pyridine rings is 3. The molecule has 39 heavy (non-hydrogen) atoms. The van der Waals surface area contributed by atoms with Crippen molar-refractivity contribution in [2.45, 2.75) is 38.6 Å². The van der Waals surface area contributed by atoms with E-state index in [1.54, 1.807) is 17.5 Å². The maximum Gasteiger partial charge on any atom is 0.263 e. The third kappa shape index (κ3) is 4.19. The van der Waals surface area contributed by atoms with Crippen molar-refractivity contribution in [1.82, 2.24) is 19.5 Å². The predicted octanol–water partition coefficient (Wildman–Crippen LogP) is 7.11. The van der Waals surface area contributed by atoms with Crippen LogP contribution in [0.2, 0.25) is 0 Å². The number of benzene rings is 2. The van der Waals surface area contributed by atoms with Crippen LogP contribution in [0.25, 0.3) is 37.8 Å². The third-order valence-electron chi connectivity index (χ3n) is 7.62. The lowest BCUT2D eigenvalue weighted by Gasteiger charge is -2.22. The summed E-state index contributed by atoms with van der Waals surface area (Å²) in [4.78, 5) is 28.3. The average Bonchev–Trinajstić information content (AvgIpc) is 3.47. The van der Waals surface area contributed by atoms with Crippen LogP contribution >= 0.6 is 11.3 Å². The number of aromatic nitrogens is 4. The molecule has 0 aliphatic heterocycles. The van der Waals surface area contributed by atoms with E-state index in [-0.39, 0.29) is 11.6 Å². The molecule has 0 saturated carbocycles. The molecule has 7 rings (SSSR count). The Balaban J connectivity index is 1.42. The highest BCUT2D eigenvalue weighted by molar-refractivity contribution is 7.16. The van der Waals surface area contributed by atoms with E-state index in [2.05, 4.69) is 34.3 Å². The van der Waals surface area contributed by atoms with Gasteiger partial charge in [0, 0.05) is 35.0 Å². The van der Waals surface area contributed by atoms with Crippen LogP contribution in [-0.2, 0) is 12.8 Å². The minimum absolute atomic E-state index is 0.0458. The van der Waals surface area contributed by atoms with Gasteiger partial charge >= 0.3 is 0 Å². The summed E-state index contributed by atoms with van der Waals surface area (Å²) in [5, 5.41) is 5.14. The van der Waals surface area contributed by atoms with Crippen molar-refractivity contribution < 1.29 is 0 Å². The molecule has 1 aliphatic rings. The standard InChI is InChI=1S/C32H27N5OS/c1-20(36-31-30-28(14-15-33-31)39-19-35-30)27-17-22-9-7-12-25(23-16-21-8-5-6-13-26(21)34-18-23)29(22)32(38)37(27)24-10-3-2-4-11-24/h2-4,7,9-12,14-20H,5-6,8,13H2,1H3,(H,33,36)/t20-/m0/s1. The number of fused-ring (bicyclic) bond motifs is 3. The van der Waals surface area contributed by atoms with E-state index in [1.165, 1.54) is 24.1 Å². The van der Waals surface area contributed by atoms with Gasteiger partial charge < -0.3 is 5.32 Å². The molecule has 0 spiro atoms. The van der Waals surface area contributed by atoms with E-state index in [4.69, 9.17) is 4.98 Å². The van der Waals surface area contributed by atoms with Gasteiger partial charge in [0.2, 0.25) is 0 Å². The second-order valence-electron chi connectivity index (χ2n) is 10.1. The SMILES string of the molecule is C[C@H](Nc1nccc2scnc12)c1cc2cccc(-c3cnc4c(c3)CCCC4)c2c(=O)n1-c1ccccc1. The molecule has 0 bridgehead atoms. The zero-order chi connectivity index (χ0) is 26.3. The fraction of sp³-hybridized carbons (Fsp3) is 0.188. The molecule has 6 aromatic rings. The van der Waals surface area contributed by atoms with Crippen molar-refractivity contribution in [2.75, 3.05) is 5.32 Å². The van der Waals surface area contributed by atoms with E-state index in [1.807, 2.05) is 70.9 Å². The molecule has 0 amide bonds. The van der Waals surface area contributed by atoms with Crippen molar-refractivity contribution in [1.29, 1.82) is 0 Å². The number of para-hydroxylation sites is 1. The molecule has 7 heteroatoms. The van der Waals surface area contributed by atoms with E-state index in [0.717, 1.165) is 51.0 Å². The Morgan fingerprint density at radius 2 is 1.82 bits per heavy atom. The van der Waals surface area contributed by atoms with Gasteiger partial charge in [0.15, 0.2) is 5.82 Å². The van der Waals surface area contributed by atoms with Gasteiger partial charge in [-0.25, -0.2) is 9.97 Å². The summed E-state index contributed by atoms with van der Waals surface area (Å²) in [6, 6.07) is 22.1. The first-order chi connectivity index (χ1) is 19.2. The van der Waals surface area contributed by atoms with Crippen LogP contribution in [0.15, 0.2) is 89.4 Å². The van der Waals surface area contributed by atoms with Crippen LogP contribution in [0.3, 0.4) is 0 Å². The van der Waals surface area contributed by atoms with Crippen LogP contribution in [0.4, 0.5) is 5.82 Å². The quantitative estimate of drug-likeness (QED) is 0.258. The number of nitrogens with one attached hydrogen (secondary N) is 1. The number of thiazole rings is 1. The van der Waals surface area contributed by atoms with Gasteiger partial charge in [-0.2, -0.15) is 0 Å². The smallest absolute Gasteiger partial charge is 0.263 e. The molecule has 6 nitrogen and oxygen atoms in total. The lowest BCUT2D eigenvalue weighted by molar-refractivity contribution is 0.668. The van der Waals surface area contributed by atoms with Crippen LogP contribution in [-0.4, -0.2) is 19.5 Å². The van der Waals surface area contributed by atoms with Gasteiger partial charge in [0.1, 0.15) is 5.52 Å². The first-order valence-corrected chi connectivity index (χ1v) is 14.2. The highest BCUT2D eigenvalue weighted by Crippen LogP contribution is 2.32. The summed E-state index contributed by atoms with van der Waals surface area (Å²) in [6.07, 6.45) is 8.18. The topological polar surface area (TPSA) is 72.7 Å². The molecule has 1 N–H and O–H groups in total. The zero-order valence-corrected chi connectivity index (χ0v) is 22.4. The zero-order valence-electron chi connectivity index (χ0n) is 21.6. The maximum atomic E-state index is 14.4. The summed E-state index contributed by atoms with van der Waals surface area (Å²) >= 11 is 1.59. The number of nitrogens with zero attached hydrogens (tertiary/aromatic N) is 4. The Labute approximate surface area is 230 Å². The Kier molecular flexibility index (Phi) is 5.93. The number of hydrogen-bond donors (Lipinski definition) is 1. The fourth-order valence-electron chi connectivity index (χ4n) is 5.70. The molecule has 0 radical (unpaired) electrons. The first kappa shape index (κ1) is 23.7. The number of aryl methyl sites for hydroxylation is 2. The first-order valence-electron chi connectivity index (χ1n) is 13.3. The Morgan fingerprint density at radius 3 is 2.72 bits per heavy atom. The van der Waals surface area contributed by atoms with Gasteiger partial charge in [0.05, 0.1) is 21.6 Å². The molecule has 0 saturated heterocycles. The lowest BCUT2D eigenvalue weighted by atomic mass is 9.92. The summed E-state index contributed by atoms with van der Waals surface area (Å²) in [7, 11) is 0. The maximum absolute atomic E-state index is 14.4. The lowest BCUT2D eigenvalue weighted by Crippen LogP contribution is -2.26. The second kappa shape index (κ2) is 9.75. The number of hydrogen-bond acceptors (Lipinski definition) is 6. The molecule has 0 unspecified atom stereocenters. The van der Waals surface area contributed by atoms with Crippen molar-refractivity contribution in [3.05, 3.63) is 112 Å². The second-order valence-corrected chi connectivity index (χ2v) is 11.0. The molecule has 0 fully saturated rings. The number of rotatable bonds is 5. The Bertz CT molecular complexity index is 1890. The highest BCUT2D eigenvalue weighted by Gasteiger charge is 2.21. The predicted molar refractivity (Wildman–Crippen MR) is 159 cm³/mol. The summed E-state index contributed by atoms with van der Waals surface area (Å²) in [5.41, 5.74) is 8.71. The van der Waals surface area contributed by atoms with Crippen LogP contribution in [0.1, 0.15) is 42.8 Å². The van der Waals surface area contributed by atoms with Crippen LogP contribution < -0.4 is 10.9 Å². The summed E-state index contributed by atoms with van der Waals surface area (Å²) in [5.74, 6) is 0.710. The molecule has 4 heterocycles. The van der Waals surface area contributed by atoms with E-state index < -0.39 is 0 Å². The third-order valence-corrected chi connectivity index (χ3v) is 8.41. The largest absolute Gasteiger partial charge is 0.360 e. The molecule has 2 aromatic carbocycles. The molecule has 192 valence electrons. The minimum atomic E-state index is -0.212. The summed E-state index contributed by atoms with van der Waals surface area (Å²) in [6.45, 7) is 2.06. The van der Waals surface area contributed by atoms with Crippen LogP contribution in [0.5, 0.6) is 0 Å². The van der Waals surface area contributed by atoms with E-state index >= 15 is 0 Å². The van der Waals surface area contributed by atoms with Crippen molar-refractivity contribution >= 4 is 38.1 Å². The molecular formula is C32H27N5OS. The monoisotopic (exact) mass is 529 g/mol.